The molecule has 36 heavy (non-hydrogen) atoms. The Morgan fingerprint density at radius 3 is 1.69 bits per heavy atom. The van der Waals surface area contributed by atoms with E-state index in [9.17, 15) is 0 Å². The average molecular weight is 466 g/mol. The number of aryl methyl sites for hydroxylation is 1. The third-order valence-electron chi connectivity index (χ3n) is 6.23. The summed E-state index contributed by atoms with van der Waals surface area (Å²) < 4.78 is 0. The maximum Gasteiger partial charge on any atom is 0.0715 e. The quantitative estimate of drug-likeness (QED) is 0.251. The summed E-state index contributed by atoms with van der Waals surface area (Å²) in [6.45, 7) is 0.753. The smallest absolute Gasteiger partial charge is 0.0715 e. The van der Waals surface area contributed by atoms with Gasteiger partial charge in [0.2, 0.25) is 0 Å². The maximum absolute atomic E-state index is 8.75. The Kier molecular flexibility index (Phi) is 7.16. The molecule has 0 aliphatic carbocycles. The van der Waals surface area contributed by atoms with Crippen molar-refractivity contribution in [1.82, 2.24) is 4.98 Å². The largest absolute Gasteiger partial charge is 0.381 e. The standard InChI is InChI=1S/C33H27N3/c34-21-7-8-25-13-15-26(16-14-25)24-35-31-19-17-27(18-20-31)30-22-32(28-9-3-1-4-10-28)36-33(23-30)29-11-5-2-6-12-29/h1-6,9-20,22-23,35H,7-8,24H2. The number of benzene rings is 4. The minimum atomic E-state index is 0.557. The van der Waals surface area contributed by atoms with E-state index in [4.69, 9.17) is 10.2 Å². The highest BCUT2D eigenvalue weighted by molar-refractivity contribution is 5.77. The first-order valence-corrected chi connectivity index (χ1v) is 12.2. The second-order valence-electron chi connectivity index (χ2n) is 8.76. The Bertz CT molecular complexity index is 1390. The van der Waals surface area contributed by atoms with E-state index in [1.165, 1.54) is 11.1 Å². The van der Waals surface area contributed by atoms with E-state index in [1.807, 2.05) is 36.4 Å². The SMILES string of the molecule is N#CCCc1ccc(CNc2ccc(-c3cc(-c4ccccc4)nc(-c4ccccc4)c3)cc2)cc1. The van der Waals surface area contributed by atoms with Crippen LogP contribution in [0.5, 0.6) is 0 Å². The number of hydrogen-bond acceptors (Lipinski definition) is 3. The van der Waals surface area contributed by atoms with Gasteiger partial charge in [-0.3, -0.25) is 0 Å². The summed E-state index contributed by atoms with van der Waals surface area (Å²) in [5.41, 5.74) is 9.93. The molecule has 1 aromatic heterocycles. The fourth-order valence-electron chi connectivity index (χ4n) is 4.22. The lowest BCUT2D eigenvalue weighted by molar-refractivity contribution is 1.01. The molecule has 0 aliphatic rings. The monoisotopic (exact) mass is 465 g/mol. The zero-order chi connectivity index (χ0) is 24.6. The molecule has 0 radical (unpaired) electrons. The van der Waals surface area contributed by atoms with Crippen LogP contribution in [-0.2, 0) is 13.0 Å². The highest BCUT2D eigenvalue weighted by Gasteiger charge is 2.09. The van der Waals surface area contributed by atoms with Crippen LogP contribution in [0, 0.1) is 11.3 Å². The van der Waals surface area contributed by atoms with Crippen molar-refractivity contribution in [2.24, 2.45) is 0 Å². The van der Waals surface area contributed by atoms with Gasteiger partial charge < -0.3 is 5.32 Å². The van der Waals surface area contributed by atoms with E-state index < -0.39 is 0 Å². The Labute approximate surface area is 212 Å². The number of aromatic nitrogens is 1. The van der Waals surface area contributed by atoms with Crippen LogP contribution in [0.4, 0.5) is 5.69 Å². The van der Waals surface area contributed by atoms with Crippen LogP contribution < -0.4 is 5.32 Å². The average Bonchev–Trinajstić information content (AvgIpc) is 2.96. The molecule has 0 saturated carbocycles. The van der Waals surface area contributed by atoms with Gasteiger partial charge in [0.1, 0.15) is 0 Å². The van der Waals surface area contributed by atoms with Crippen LogP contribution in [0.25, 0.3) is 33.6 Å². The van der Waals surface area contributed by atoms with Crippen LogP contribution in [0.3, 0.4) is 0 Å². The molecule has 1 N–H and O–H groups in total. The molecule has 4 aromatic carbocycles. The molecule has 0 spiro atoms. The highest BCUT2D eigenvalue weighted by Crippen LogP contribution is 2.30. The van der Waals surface area contributed by atoms with Crippen LogP contribution in [-0.4, -0.2) is 4.98 Å². The molecule has 174 valence electrons. The van der Waals surface area contributed by atoms with Crippen LogP contribution >= 0.6 is 0 Å². The van der Waals surface area contributed by atoms with Crippen molar-refractivity contribution in [2.75, 3.05) is 5.32 Å². The number of nitrogens with zero attached hydrogens (tertiary/aromatic N) is 2. The zero-order valence-corrected chi connectivity index (χ0v) is 20.1. The Balaban J connectivity index is 1.36. The van der Waals surface area contributed by atoms with Gasteiger partial charge in [0.25, 0.3) is 0 Å². The van der Waals surface area contributed by atoms with E-state index in [1.54, 1.807) is 0 Å². The lowest BCUT2D eigenvalue weighted by Gasteiger charge is -2.12. The van der Waals surface area contributed by atoms with Crippen LogP contribution in [0.15, 0.2) is 121 Å². The molecule has 0 atom stereocenters. The Hall–Kier alpha value is -4.68. The summed E-state index contributed by atoms with van der Waals surface area (Å²) in [5.74, 6) is 0. The van der Waals surface area contributed by atoms with Gasteiger partial charge in [-0.1, -0.05) is 97.1 Å². The molecular formula is C33H27N3. The Morgan fingerprint density at radius 2 is 1.14 bits per heavy atom. The number of nitriles is 1. The number of hydrogen-bond donors (Lipinski definition) is 1. The van der Waals surface area contributed by atoms with Crippen LogP contribution in [0.1, 0.15) is 17.5 Å². The summed E-state index contributed by atoms with van der Waals surface area (Å²) in [6, 6.07) is 44.2. The molecule has 0 saturated heterocycles. The van der Waals surface area contributed by atoms with Gasteiger partial charge in [0.15, 0.2) is 0 Å². The predicted octanol–water partition coefficient (Wildman–Crippen LogP) is 8.15. The summed E-state index contributed by atoms with van der Waals surface area (Å²) >= 11 is 0. The van der Waals surface area contributed by atoms with Crippen molar-refractivity contribution in [3.63, 3.8) is 0 Å². The van der Waals surface area contributed by atoms with Crippen molar-refractivity contribution in [3.05, 3.63) is 132 Å². The van der Waals surface area contributed by atoms with E-state index >= 15 is 0 Å². The molecule has 0 aliphatic heterocycles. The lowest BCUT2D eigenvalue weighted by atomic mass is 10.00. The predicted molar refractivity (Wildman–Crippen MR) is 148 cm³/mol. The van der Waals surface area contributed by atoms with E-state index in [0.717, 1.165) is 52.3 Å². The van der Waals surface area contributed by atoms with Gasteiger partial charge in [-0.25, -0.2) is 4.98 Å². The van der Waals surface area contributed by atoms with E-state index in [-0.39, 0.29) is 0 Å². The topological polar surface area (TPSA) is 48.7 Å². The third kappa shape index (κ3) is 5.68. The minimum absolute atomic E-state index is 0.557. The fourth-order valence-corrected chi connectivity index (χ4v) is 4.22. The van der Waals surface area contributed by atoms with Crippen molar-refractivity contribution < 1.29 is 0 Å². The van der Waals surface area contributed by atoms with Gasteiger partial charge in [0.05, 0.1) is 17.5 Å². The first-order valence-electron chi connectivity index (χ1n) is 12.2. The zero-order valence-electron chi connectivity index (χ0n) is 20.1. The number of rotatable bonds is 8. The molecule has 3 heteroatoms. The van der Waals surface area contributed by atoms with Gasteiger partial charge in [-0.15, -0.1) is 0 Å². The third-order valence-corrected chi connectivity index (χ3v) is 6.23. The van der Waals surface area contributed by atoms with Gasteiger partial charge in [0, 0.05) is 29.8 Å². The van der Waals surface area contributed by atoms with Gasteiger partial charge in [-0.05, 0) is 52.9 Å². The van der Waals surface area contributed by atoms with E-state index in [2.05, 4.69) is 96.3 Å². The first-order chi connectivity index (χ1) is 17.8. The minimum Gasteiger partial charge on any atom is -0.381 e. The number of nitrogens with one attached hydrogen (secondary N) is 1. The van der Waals surface area contributed by atoms with Crippen molar-refractivity contribution in [2.45, 2.75) is 19.4 Å². The van der Waals surface area contributed by atoms with Crippen molar-refractivity contribution >= 4 is 5.69 Å². The summed E-state index contributed by atoms with van der Waals surface area (Å²) in [7, 11) is 0. The van der Waals surface area contributed by atoms with Gasteiger partial charge >= 0.3 is 0 Å². The highest BCUT2D eigenvalue weighted by atomic mass is 14.9. The second kappa shape index (κ2) is 11.2. The molecule has 5 rings (SSSR count). The normalized spacial score (nSPS) is 10.5. The molecule has 0 fully saturated rings. The first kappa shape index (κ1) is 23.1. The van der Waals surface area contributed by atoms with Crippen LogP contribution in [0.2, 0.25) is 0 Å². The molecular weight excluding hydrogens is 438 g/mol. The maximum atomic E-state index is 8.75. The molecule has 1 heterocycles. The fraction of sp³-hybridized carbons (Fsp3) is 0.0909. The molecule has 0 amide bonds. The molecule has 0 bridgehead atoms. The van der Waals surface area contributed by atoms with Crippen molar-refractivity contribution in [1.29, 1.82) is 5.26 Å². The molecule has 0 unspecified atom stereocenters. The second-order valence-corrected chi connectivity index (χ2v) is 8.76. The van der Waals surface area contributed by atoms with Crippen molar-refractivity contribution in [3.8, 4) is 39.7 Å². The summed E-state index contributed by atoms with van der Waals surface area (Å²) in [6.07, 6.45) is 1.36. The van der Waals surface area contributed by atoms with Gasteiger partial charge in [-0.2, -0.15) is 5.26 Å². The number of pyridine rings is 1. The Morgan fingerprint density at radius 1 is 0.583 bits per heavy atom. The summed E-state index contributed by atoms with van der Waals surface area (Å²) in [4.78, 5) is 4.97. The summed E-state index contributed by atoms with van der Waals surface area (Å²) in [5, 5.41) is 12.3. The lowest BCUT2D eigenvalue weighted by Crippen LogP contribution is -1.99. The number of anilines is 1. The van der Waals surface area contributed by atoms with E-state index in [0.29, 0.717) is 6.42 Å². The molecule has 5 aromatic rings. The molecule has 3 nitrogen and oxygen atoms in total.